The third kappa shape index (κ3) is 3.97. The van der Waals surface area contributed by atoms with E-state index in [0.717, 1.165) is 19.6 Å². The van der Waals surface area contributed by atoms with Gasteiger partial charge in [-0.15, -0.1) is 0 Å². The van der Waals surface area contributed by atoms with Gasteiger partial charge in [-0.05, 0) is 51.5 Å². The second-order valence-corrected chi connectivity index (χ2v) is 6.00. The van der Waals surface area contributed by atoms with Gasteiger partial charge in [-0.25, -0.2) is 0 Å². The Morgan fingerprint density at radius 2 is 2.10 bits per heavy atom. The van der Waals surface area contributed by atoms with Gasteiger partial charge in [-0.3, -0.25) is 0 Å². The lowest BCUT2D eigenvalue weighted by Crippen LogP contribution is -2.32. The Morgan fingerprint density at radius 3 is 2.85 bits per heavy atom. The lowest BCUT2D eigenvalue weighted by molar-refractivity contribution is 0.412. The molecule has 1 aromatic carbocycles. The van der Waals surface area contributed by atoms with E-state index in [0.29, 0.717) is 6.04 Å². The summed E-state index contributed by atoms with van der Waals surface area (Å²) in [5.74, 6) is 0. The van der Waals surface area contributed by atoms with Crippen molar-refractivity contribution in [2.75, 3.05) is 45.2 Å². The van der Waals surface area contributed by atoms with E-state index in [4.69, 9.17) is 0 Å². The molecule has 1 atom stereocenters. The van der Waals surface area contributed by atoms with Gasteiger partial charge in [0.1, 0.15) is 0 Å². The summed E-state index contributed by atoms with van der Waals surface area (Å²) in [5, 5.41) is 3.72. The maximum atomic E-state index is 3.72. The largest absolute Gasteiger partial charge is 0.370 e. The number of rotatable bonds is 6. The van der Waals surface area contributed by atoms with E-state index in [9.17, 15) is 0 Å². The Bertz CT molecular complexity index is 403. The van der Waals surface area contributed by atoms with Gasteiger partial charge < -0.3 is 15.1 Å². The molecule has 1 heterocycles. The number of nitrogens with zero attached hydrogens (tertiary/aromatic N) is 2. The molecule has 0 fully saturated rings. The van der Waals surface area contributed by atoms with Crippen molar-refractivity contribution in [3.63, 3.8) is 0 Å². The molecule has 0 amide bonds. The minimum Gasteiger partial charge on any atom is -0.370 e. The highest BCUT2D eigenvalue weighted by molar-refractivity contribution is 5.55. The van der Waals surface area contributed by atoms with Crippen LogP contribution in [0, 0.1) is 0 Å². The lowest BCUT2D eigenvalue weighted by atomic mass is 10.0. The minimum absolute atomic E-state index is 0.524. The van der Waals surface area contributed by atoms with E-state index < -0.39 is 0 Å². The first kappa shape index (κ1) is 15.3. The Hall–Kier alpha value is -1.06. The fraction of sp³-hybridized carbons (Fsp3) is 0.647. The van der Waals surface area contributed by atoms with Crippen LogP contribution in [0.2, 0.25) is 0 Å². The number of likely N-dealkylation sites (N-methyl/N-ethyl adjacent to an activating group) is 1. The number of nitrogens with one attached hydrogen (secondary N) is 1. The number of hydrogen-bond acceptors (Lipinski definition) is 3. The van der Waals surface area contributed by atoms with Gasteiger partial charge in [0.05, 0.1) is 0 Å². The number of anilines is 1. The van der Waals surface area contributed by atoms with Gasteiger partial charge >= 0.3 is 0 Å². The van der Waals surface area contributed by atoms with Crippen LogP contribution in [0.4, 0.5) is 5.69 Å². The van der Waals surface area contributed by atoms with E-state index in [1.165, 1.54) is 37.1 Å². The zero-order valence-corrected chi connectivity index (χ0v) is 13.2. The average Bonchev–Trinajstić information content (AvgIpc) is 2.62. The molecule has 1 unspecified atom stereocenters. The first-order valence-electron chi connectivity index (χ1n) is 7.94. The smallest absolute Gasteiger partial charge is 0.0415 e. The summed E-state index contributed by atoms with van der Waals surface area (Å²) in [7, 11) is 4.30. The molecule has 0 radical (unpaired) electrons. The van der Waals surface area contributed by atoms with E-state index in [2.05, 4.69) is 60.4 Å². The summed E-state index contributed by atoms with van der Waals surface area (Å²) in [5.41, 5.74) is 2.91. The molecule has 0 spiro atoms. The summed E-state index contributed by atoms with van der Waals surface area (Å²) < 4.78 is 0. The fourth-order valence-corrected chi connectivity index (χ4v) is 2.92. The molecular weight excluding hydrogens is 246 g/mol. The van der Waals surface area contributed by atoms with Gasteiger partial charge in [0, 0.05) is 31.4 Å². The van der Waals surface area contributed by atoms with Crippen LogP contribution in [-0.2, 0) is 0 Å². The summed E-state index contributed by atoms with van der Waals surface area (Å²) in [4.78, 5) is 4.82. The first-order chi connectivity index (χ1) is 9.72. The van der Waals surface area contributed by atoms with Crippen molar-refractivity contribution in [3.05, 3.63) is 29.8 Å². The van der Waals surface area contributed by atoms with Gasteiger partial charge in [-0.2, -0.15) is 0 Å². The summed E-state index contributed by atoms with van der Waals surface area (Å²) in [6.07, 6.45) is 3.71. The molecular formula is C17H29N3. The molecule has 0 bridgehead atoms. The Balaban J connectivity index is 2.16. The van der Waals surface area contributed by atoms with Crippen LogP contribution in [0.3, 0.4) is 0 Å². The van der Waals surface area contributed by atoms with Crippen molar-refractivity contribution in [1.29, 1.82) is 0 Å². The monoisotopic (exact) mass is 275 g/mol. The van der Waals surface area contributed by atoms with Crippen LogP contribution < -0.4 is 10.2 Å². The van der Waals surface area contributed by atoms with Gasteiger partial charge in [0.2, 0.25) is 0 Å². The molecule has 1 aliphatic heterocycles. The molecule has 0 saturated carbocycles. The predicted molar refractivity (Wildman–Crippen MR) is 87.5 cm³/mol. The molecule has 112 valence electrons. The maximum Gasteiger partial charge on any atom is 0.0415 e. The standard InChI is InChI=1S/C17H29N3/c1-4-11-18-16-9-7-12-20(14-13-19(2)3)17-10-6-5-8-15(16)17/h5-6,8,10,16,18H,4,7,9,11-14H2,1-3H3. The van der Waals surface area contributed by atoms with Crippen molar-refractivity contribution < 1.29 is 0 Å². The first-order valence-corrected chi connectivity index (χ1v) is 7.94. The molecule has 3 nitrogen and oxygen atoms in total. The number of hydrogen-bond donors (Lipinski definition) is 1. The zero-order valence-electron chi connectivity index (χ0n) is 13.2. The second-order valence-electron chi connectivity index (χ2n) is 6.00. The SMILES string of the molecule is CCCNC1CCCN(CCN(C)C)c2ccccc21. The summed E-state index contributed by atoms with van der Waals surface area (Å²) in [6, 6.07) is 9.46. The third-order valence-electron chi connectivity index (χ3n) is 4.03. The van der Waals surface area contributed by atoms with Crippen LogP contribution in [0.25, 0.3) is 0 Å². The van der Waals surface area contributed by atoms with Crippen LogP contribution in [0.1, 0.15) is 37.8 Å². The molecule has 1 aromatic rings. The highest BCUT2D eigenvalue weighted by Gasteiger charge is 2.21. The van der Waals surface area contributed by atoms with E-state index >= 15 is 0 Å². The molecule has 1 aliphatic rings. The summed E-state index contributed by atoms with van der Waals surface area (Å²) >= 11 is 0. The van der Waals surface area contributed by atoms with Crippen molar-refractivity contribution >= 4 is 5.69 Å². The number of benzene rings is 1. The Morgan fingerprint density at radius 1 is 1.30 bits per heavy atom. The topological polar surface area (TPSA) is 18.5 Å². The van der Waals surface area contributed by atoms with E-state index in [1.54, 1.807) is 0 Å². The van der Waals surface area contributed by atoms with Crippen LogP contribution in [0.15, 0.2) is 24.3 Å². The maximum absolute atomic E-state index is 3.72. The average molecular weight is 275 g/mol. The lowest BCUT2D eigenvalue weighted by Gasteiger charge is -2.27. The highest BCUT2D eigenvalue weighted by atomic mass is 15.2. The van der Waals surface area contributed by atoms with Crippen LogP contribution in [-0.4, -0.2) is 45.2 Å². The predicted octanol–water partition coefficient (Wildman–Crippen LogP) is 2.89. The molecule has 0 saturated heterocycles. The Kier molecular flexibility index (Phi) is 5.86. The molecule has 20 heavy (non-hydrogen) atoms. The van der Waals surface area contributed by atoms with Crippen LogP contribution in [0.5, 0.6) is 0 Å². The summed E-state index contributed by atoms with van der Waals surface area (Å²) in [6.45, 7) is 6.75. The van der Waals surface area contributed by atoms with Crippen molar-refractivity contribution in [3.8, 4) is 0 Å². The molecule has 3 heteroatoms. The van der Waals surface area contributed by atoms with Crippen LogP contribution >= 0.6 is 0 Å². The van der Waals surface area contributed by atoms with E-state index in [-0.39, 0.29) is 0 Å². The molecule has 1 N–H and O–H groups in total. The van der Waals surface area contributed by atoms with Gasteiger partial charge in [-0.1, -0.05) is 25.1 Å². The fourth-order valence-electron chi connectivity index (χ4n) is 2.92. The number of fused-ring (bicyclic) bond motifs is 1. The third-order valence-corrected chi connectivity index (χ3v) is 4.03. The highest BCUT2D eigenvalue weighted by Crippen LogP contribution is 2.32. The van der Waals surface area contributed by atoms with Crippen molar-refractivity contribution in [2.45, 2.75) is 32.2 Å². The normalized spacial score (nSPS) is 19.0. The van der Waals surface area contributed by atoms with Gasteiger partial charge in [0.15, 0.2) is 0 Å². The molecule has 0 aliphatic carbocycles. The second kappa shape index (κ2) is 7.65. The van der Waals surface area contributed by atoms with E-state index in [1.807, 2.05) is 0 Å². The molecule has 0 aromatic heterocycles. The minimum atomic E-state index is 0.524. The zero-order chi connectivity index (χ0) is 14.4. The quantitative estimate of drug-likeness (QED) is 0.861. The molecule has 2 rings (SSSR count). The number of para-hydroxylation sites is 1. The van der Waals surface area contributed by atoms with Gasteiger partial charge in [0.25, 0.3) is 0 Å². The van der Waals surface area contributed by atoms with Crippen molar-refractivity contribution in [1.82, 2.24) is 10.2 Å². The Labute approximate surface area is 124 Å². The van der Waals surface area contributed by atoms with Crippen molar-refractivity contribution in [2.24, 2.45) is 0 Å².